The molecule has 0 heterocycles. The van der Waals surface area contributed by atoms with Crippen LogP contribution in [-0.4, -0.2) is 39.4 Å². The first-order valence-electron chi connectivity index (χ1n) is 7.43. The number of halogens is 1. The lowest BCUT2D eigenvalue weighted by Gasteiger charge is -2.13. The number of carbonyl (C=O) groups excluding carboxylic acids is 1. The smallest absolute Gasteiger partial charge is 0.338 e. The zero-order valence-corrected chi connectivity index (χ0v) is 15.4. The van der Waals surface area contributed by atoms with Crippen molar-refractivity contribution in [3.63, 3.8) is 0 Å². The van der Waals surface area contributed by atoms with Crippen molar-refractivity contribution in [3.8, 4) is 0 Å². The molecule has 132 valence electrons. The Kier molecular flexibility index (Phi) is 6.36. The number of ether oxygens (including phenoxy) is 1. The fourth-order valence-corrected chi connectivity index (χ4v) is 3.37. The average Bonchev–Trinajstić information content (AvgIpc) is 2.59. The van der Waals surface area contributed by atoms with Gasteiger partial charge in [-0.2, -0.15) is 0 Å². The van der Waals surface area contributed by atoms with Gasteiger partial charge in [-0.1, -0.05) is 48.0 Å². The molecule has 0 aliphatic carbocycles. The first kappa shape index (κ1) is 19.2. The maximum atomic E-state index is 12.2. The quantitative estimate of drug-likeness (QED) is 0.721. The van der Waals surface area contributed by atoms with E-state index in [0.717, 1.165) is 9.87 Å². The monoisotopic (exact) mass is 379 g/mol. The predicted octanol–water partition coefficient (Wildman–Crippen LogP) is 3.46. The molecule has 0 N–H and O–H groups in total. The molecule has 0 aromatic heterocycles. The molecule has 2 aromatic rings. The van der Waals surface area contributed by atoms with Crippen molar-refractivity contribution in [2.45, 2.75) is 4.90 Å². The largest absolute Gasteiger partial charge is 0.458 e. The zero-order chi connectivity index (χ0) is 18.4. The lowest BCUT2D eigenvalue weighted by atomic mass is 10.2. The molecule has 2 aromatic carbocycles. The zero-order valence-electron chi connectivity index (χ0n) is 13.8. The van der Waals surface area contributed by atoms with Gasteiger partial charge in [0.05, 0.1) is 10.6 Å². The summed E-state index contributed by atoms with van der Waals surface area (Å²) >= 11 is 5.95. The molecule has 0 saturated carbocycles. The van der Waals surface area contributed by atoms with Crippen LogP contribution >= 0.6 is 11.6 Å². The van der Waals surface area contributed by atoms with Gasteiger partial charge in [0.15, 0.2) is 0 Å². The molecule has 0 saturated heterocycles. The van der Waals surface area contributed by atoms with Crippen molar-refractivity contribution in [3.05, 3.63) is 70.8 Å². The van der Waals surface area contributed by atoms with Gasteiger partial charge >= 0.3 is 5.97 Å². The van der Waals surface area contributed by atoms with E-state index in [-0.39, 0.29) is 22.1 Å². The van der Waals surface area contributed by atoms with Crippen LogP contribution in [-0.2, 0) is 14.8 Å². The van der Waals surface area contributed by atoms with E-state index in [1.807, 2.05) is 36.4 Å². The van der Waals surface area contributed by atoms with Gasteiger partial charge in [0, 0.05) is 14.1 Å². The van der Waals surface area contributed by atoms with Crippen LogP contribution in [0.4, 0.5) is 0 Å². The maximum absolute atomic E-state index is 12.2. The fraction of sp³-hybridized carbons (Fsp3) is 0.167. The molecule has 2 rings (SSSR count). The van der Waals surface area contributed by atoms with E-state index >= 15 is 0 Å². The Labute approximate surface area is 152 Å². The van der Waals surface area contributed by atoms with E-state index in [9.17, 15) is 13.2 Å². The van der Waals surface area contributed by atoms with Gasteiger partial charge in [-0.15, -0.1) is 0 Å². The van der Waals surface area contributed by atoms with Gasteiger partial charge in [-0.3, -0.25) is 0 Å². The van der Waals surface area contributed by atoms with Crippen LogP contribution in [0, 0.1) is 0 Å². The standard InChI is InChI=1S/C18H18ClNO4S/c1-20(2)25(22,23)17-13-15(10-11-16(17)19)18(21)24-12-6-9-14-7-4-3-5-8-14/h3-11,13H,12H2,1-2H3/b9-6+. The second kappa shape index (κ2) is 8.29. The summed E-state index contributed by atoms with van der Waals surface area (Å²) in [7, 11) is -0.957. The van der Waals surface area contributed by atoms with Crippen LogP contribution in [0.1, 0.15) is 15.9 Å². The summed E-state index contributed by atoms with van der Waals surface area (Å²) in [5, 5.41) is 0.0502. The van der Waals surface area contributed by atoms with Gasteiger partial charge in [0.25, 0.3) is 0 Å². The Hall–Kier alpha value is -2.15. The van der Waals surface area contributed by atoms with Crippen LogP contribution in [0.5, 0.6) is 0 Å². The SMILES string of the molecule is CN(C)S(=O)(=O)c1cc(C(=O)OC/C=C/c2ccccc2)ccc1Cl. The lowest BCUT2D eigenvalue weighted by Crippen LogP contribution is -2.23. The van der Waals surface area contributed by atoms with E-state index in [2.05, 4.69) is 0 Å². The van der Waals surface area contributed by atoms with Crippen molar-refractivity contribution in [2.75, 3.05) is 20.7 Å². The third-order valence-electron chi connectivity index (χ3n) is 3.35. The molecule has 0 spiro atoms. The van der Waals surface area contributed by atoms with Gasteiger partial charge in [0.1, 0.15) is 11.5 Å². The Balaban J connectivity index is 2.09. The average molecular weight is 380 g/mol. The first-order chi connectivity index (χ1) is 11.8. The molecule has 0 aliphatic rings. The van der Waals surface area contributed by atoms with E-state index in [1.54, 1.807) is 6.08 Å². The molecule has 0 radical (unpaired) electrons. The number of hydrogen-bond acceptors (Lipinski definition) is 4. The van der Waals surface area contributed by atoms with Crippen molar-refractivity contribution < 1.29 is 17.9 Å². The molecule has 0 fully saturated rings. The molecule has 7 heteroatoms. The number of esters is 1. The number of rotatable bonds is 6. The summed E-state index contributed by atoms with van der Waals surface area (Å²) in [6, 6.07) is 13.6. The highest BCUT2D eigenvalue weighted by atomic mass is 35.5. The number of carbonyl (C=O) groups is 1. The van der Waals surface area contributed by atoms with Crippen LogP contribution in [0.2, 0.25) is 5.02 Å². The minimum atomic E-state index is -3.75. The minimum Gasteiger partial charge on any atom is -0.458 e. The van der Waals surface area contributed by atoms with Gasteiger partial charge < -0.3 is 4.74 Å². The van der Waals surface area contributed by atoms with Crippen molar-refractivity contribution in [2.24, 2.45) is 0 Å². The maximum Gasteiger partial charge on any atom is 0.338 e. The molecule has 0 amide bonds. The van der Waals surface area contributed by atoms with Crippen LogP contribution < -0.4 is 0 Å². The van der Waals surface area contributed by atoms with Crippen molar-refractivity contribution in [1.82, 2.24) is 4.31 Å². The lowest BCUT2D eigenvalue weighted by molar-refractivity contribution is 0.0550. The van der Waals surface area contributed by atoms with E-state index in [0.29, 0.717) is 0 Å². The normalized spacial score (nSPS) is 11.8. The summed E-state index contributed by atoms with van der Waals surface area (Å²) in [5.74, 6) is -0.621. The third-order valence-corrected chi connectivity index (χ3v) is 5.64. The molecule has 0 aliphatic heterocycles. The van der Waals surface area contributed by atoms with Gasteiger partial charge in [0.2, 0.25) is 10.0 Å². The van der Waals surface area contributed by atoms with Crippen LogP contribution in [0.15, 0.2) is 59.5 Å². The van der Waals surface area contributed by atoms with E-state index in [4.69, 9.17) is 16.3 Å². The fourth-order valence-electron chi connectivity index (χ4n) is 1.98. The van der Waals surface area contributed by atoms with Gasteiger partial charge in [-0.05, 0) is 29.8 Å². The minimum absolute atomic E-state index is 0.0502. The van der Waals surface area contributed by atoms with E-state index < -0.39 is 16.0 Å². The molecular formula is C18H18ClNO4S. The number of sulfonamides is 1. The third kappa shape index (κ3) is 4.92. The Bertz CT molecular complexity index is 877. The highest BCUT2D eigenvalue weighted by Crippen LogP contribution is 2.25. The number of benzene rings is 2. The molecular weight excluding hydrogens is 362 g/mol. The van der Waals surface area contributed by atoms with Crippen molar-refractivity contribution in [1.29, 1.82) is 0 Å². The van der Waals surface area contributed by atoms with Crippen LogP contribution in [0.3, 0.4) is 0 Å². The Morgan fingerprint density at radius 2 is 1.84 bits per heavy atom. The molecule has 0 unspecified atom stereocenters. The predicted molar refractivity (Wildman–Crippen MR) is 98.1 cm³/mol. The number of hydrogen-bond donors (Lipinski definition) is 0. The van der Waals surface area contributed by atoms with Crippen LogP contribution in [0.25, 0.3) is 6.08 Å². The summed E-state index contributed by atoms with van der Waals surface area (Å²) in [6.45, 7) is 0.0755. The second-order valence-corrected chi connectivity index (χ2v) is 7.87. The molecule has 0 bridgehead atoms. The first-order valence-corrected chi connectivity index (χ1v) is 9.25. The highest BCUT2D eigenvalue weighted by Gasteiger charge is 2.22. The summed E-state index contributed by atoms with van der Waals surface area (Å²) in [4.78, 5) is 12.0. The number of nitrogens with zero attached hydrogens (tertiary/aromatic N) is 1. The Morgan fingerprint density at radius 1 is 1.16 bits per heavy atom. The van der Waals surface area contributed by atoms with E-state index in [1.165, 1.54) is 32.3 Å². The summed E-state index contributed by atoms with van der Waals surface area (Å²) in [6.07, 6.45) is 3.54. The van der Waals surface area contributed by atoms with Crippen molar-refractivity contribution >= 4 is 33.7 Å². The molecule has 25 heavy (non-hydrogen) atoms. The topological polar surface area (TPSA) is 63.7 Å². The Morgan fingerprint density at radius 3 is 2.48 bits per heavy atom. The highest BCUT2D eigenvalue weighted by molar-refractivity contribution is 7.89. The second-order valence-electron chi connectivity index (χ2n) is 5.34. The molecule has 0 atom stereocenters. The summed E-state index contributed by atoms with van der Waals surface area (Å²) < 4.78 is 30.6. The summed E-state index contributed by atoms with van der Waals surface area (Å²) in [5.41, 5.74) is 1.11. The van der Waals surface area contributed by atoms with Gasteiger partial charge in [-0.25, -0.2) is 17.5 Å². The molecule has 5 nitrogen and oxygen atoms in total.